The third kappa shape index (κ3) is 6.29. The van der Waals surface area contributed by atoms with Crippen molar-refractivity contribution < 1.29 is 21.6 Å². The zero-order valence-corrected chi connectivity index (χ0v) is 21.5. The number of nitrogens with zero attached hydrogens (tertiary/aromatic N) is 2. The van der Waals surface area contributed by atoms with E-state index < -0.39 is 26.0 Å². The van der Waals surface area contributed by atoms with Gasteiger partial charge in [0.05, 0.1) is 9.79 Å². The molecule has 0 radical (unpaired) electrons. The lowest BCUT2D eigenvalue weighted by atomic mass is 10.1. The molecular formula is C25H23N5O5S2. The Hall–Kier alpha value is -4.29. The highest BCUT2D eigenvalue weighted by Gasteiger charge is 2.20. The first-order chi connectivity index (χ1) is 17.5. The van der Waals surface area contributed by atoms with Gasteiger partial charge in [0.2, 0.25) is 5.95 Å². The van der Waals surface area contributed by atoms with Gasteiger partial charge in [-0.05, 0) is 74.0 Å². The largest absolute Gasteiger partial charge is 0.322 e. The number of nitrogens with one attached hydrogen (secondary N) is 3. The van der Waals surface area contributed by atoms with Gasteiger partial charge in [0.15, 0.2) is 0 Å². The molecule has 4 aromatic rings. The number of anilines is 3. The Labute approximate surface area is 214 Å². The number of aromatic nitrogens is 2. The zero-order chi connectivity index (χ0) is 26.6. The summed E-state index contributed by atoms with van der Waals surface area (Å²) >= 11 is 0. The van der Waals surface area contributed by atoms with Crippen LogP contribution in [0.4, 0.5) is 17.3 Å². The monoisotopic (exact) mass is 537 g/mol. The highest BCUT2D eigenvalue weighted by atomic mass is 32.2. The molecule has 0 bridgehead atoms. The van der Waals surface area contributed by atoms with E-state index in [1.807, 2.05) is 6.92 Å². The normalized spacial score (nSPS) is 11.5. The molecular weight excluding hydrogens is 514 g/mol. The summed E-state index contributed by atoms with van der Waals surface area (Å²) in [4.78, 5) is 20.4. The summed E-state index contributed by atoms with van der Waals surface area (Å²) in [6.07, 6.45) is 2.81. The second-order valence-electron chi connectivity index (χ2n) is 8.11. The fourth-order valence-electron chi connectivity index (χ4n) is 3.31. The lowest BCUT2D eigenvalue weighted by molar-refractivity contribution is 0.102. The molecule has 0 aliphatic heterocycles. The molecule has 1 aromatic heterocycles. The predicted molar refractivity (Wildman–Crippen MR) is 140 cm³/mol. The first-order valence-electron chi connectivity index (χ1n) is 10.9. The minimum atomic E-state index is -3.95. The molecule has 0 saturated heterocycles. The summed E-state index contributed by atoms with van der Waals surface area (Å²) in [7, 11) is -7.87. The van der Waals surface area contributed by atoms with Crippen LogP contribution in [0.3, 0.4) is 0 Å². The quantitative estimate of drug-likeness (QED) is 0.308. The smallest absolute Gasteiger partial charge is 0.264 e. The van der Waals surface area contributed by atoms with E-state index in [1.54, 1.807) is 43.3 Å². The highest BCUT2D eigenvalue weighted by Crippen LogP contribution is 2.22. The van der Waals surface area contributed by atoms with Crippen LogP contribution < -0.4 is 14.8 Å². The van der Waals surface area contributed by atoms with E-state index in [0.29, 0.717) is 16.9 Å². The first kappa shape index (κ1) is 25.8. The summed E-state index contributed by atoms with van der Waals surface area (Å²) in [5.41, 5.74) is 2.31. The van der Waals surface area contributed by atoms with Crippen LogP contribution in [0, 0.1) is 13.8 Å². The molecule has 3 aromatic carbocycles. The van der Waals surface area contributed by atoms with Crippen molar-refractivity contribution >= 4 is 43.3 Å². The third-order valence-electron chi connectivity index (χ3n) is 5.26. The van der Waals surface area contributed by atoms with E-state index in [0.717, 1.165) is 5.56 Å². The molecule has 0 spiro atoms. The maximum Gasteiger partial charge on any atom is 0.264 e. The van der Waals surface area contributed by atoms with Crippen molar-refractivity contribution in [1.82, 2.24) is 9.97 Å². The van der Waals surface area contributed by atoms with Gasteiger partial charge < -0.3 is 5.32 Å². The van der Waals surface area contributed by atoms with Crippen LogP contribution in [0.25, 0.3) is 0 Å². The van der Waals surface area contributed by atoms with Crippen LogP contribution in [0.15, 0.2) is 95.0 Å². The summed E-state index contributed by atoms with van der Waals surface area (Å²) in [6, 6.07) is 18.3. The second-order valence-corrected chi connectivity index (χ2v) is 11.4. The molecule has 1 heterocycles. The summed E-state index contributed by atoms with van der Waals surface area (Å²) < 4.78 is 55.8. The number of carbonyl (C=O) groups excluding carboxylic acids is 1. The second kappa shape index (κ2) is 10.4. The lowest BCUT2D eigenvalue weighted by Crippen LogP contribution is -2.17. The molecule has 10 nitrogen and oxygen atoms in total. The highest BCUT2D eigenvalue weighted by molar-refractivity contribution is 7.93. The van der Waals surface area contributed by atoms with Crippen LogP contribution in [-0.2, 0) is 20.0 Å². The Balaban J connectivity index is 1.49. The number of rotatable bonds is 8. The number of benzene rings is 3. The average Bonchev–Trinajstić information content (AvgIpc) is 2.86. The van der Waals surface area contributed by atoms with Gasteiger partial charge in [0.25, 0.3) is 26.0 Å². The Bertz CT molecular complexity index is 1640. The maximum atomic E-state index is 13.0. The van der Waals surface area contributed by atoms with Crippen molar-refractivity contribution in [3.8, 4) is 0 Å². The zero-order valence-electron chi connectivity index (χ0n) is 19.8. The van der Waals surface area contributed by atoms with E-state index in [1.165, 1.54) is 48.8 Å². The summed E-state index contributed by atoms with van der Waals surface area (Å²) in [5, 5.41) is 2.65. The number of sulfonamides is 2. The minimum Gasteiger partial charge on any atom is -0.322 e. The molecule has 0 fully saturated rings. The van der Waals surface area contributed by atoms with Crippen LogP contribution in [0.1, 0.15) is 21.5 Å². The molecule has 0 unspecified atom stereocenters. The molecule has 0 aliphatic rings. The standard InChI is InChI=1S/C25H23N5O5S2/c1-17-4-8-21(9-5-17)29-37(34,35)23-16-19(7-6-18(23)2)24(31)28-20-10-12-22(13-11-20)36(32,33)30-25-26-14-3-15-27-25/h3-16,29H,1-2H3,(H,28,31)(H,26,27,30). The Morgan fingerprint density at radius 2 is 1.35 bits per heavy atom. The maximum absolute atomic E-state index is 13.0. The fraction of sp³-hybridized carbons (Fsp3) is 0.0800. The fourth-order valence-corrected chi connectivity index (χ4v) is 5.60. The molecule has 0 aliphatic carbocycles. The Kier molecular flexibility index (Phi) is 7.23. The van der Waals surface area contributed by atoms with Gasteiger partial charge in [-0.1, -0.05) is 23.8 Å². The van der Waals surface area contributed by atoms with Crippen molar-refractivity contribution in [2.24, 2.45) is 0 Å². The van der Waals surface area contributed by atoms with Crippen molar-refractivity contribution in [1.29, 1.82) is 0 Å². The molecule has 0 saturated carbocycles. The van der Waals surface area contributed by atoms with Gasteiger partial charge in [0.1, 0.15) is 0 Å². The van der Waals surface area contributed by atoms with E-state index in [4.69, 9.17) is 0 Å². The molecule has 12 heteroatoms. The van der Waals surface area contributed by atoms with Gasteiger partial charge in [-0.15, -0.1) is 0 Å². The molecule has 4 rings (SSSR count). The Morgan fingerprint density at radius 3 is 2.00 bits per heavy atom. The van der Waals surface area contributed by atoms with E-state index in [9.17, 15) is 21.6 Å². The molecule has 0 atom stereocenters. The minimum absolute atomic E-state index is 0.0311. The molecule has 190 valence electrons. The summed E-state index contributed by atoms with van der Waals surface area (Å²) in [5.74, 6) is -0.625. The SMILES string of the molecule is Cc1ccc(NS(=O)(=O)c2cc(C(=O)Nc3ccc(S(=O)(=O)Nc4ncccn4)cc3)ccc2C)cc1. The number of carbonyl (C=O) groups is 1. The van der Waals surface area contributed by atoms with Crippen LogP contribution in [-0.4, -0.2) is 32.7 Å². The van der Waals surface area contributed by atoms with Gasteiger partial charge in [-0.2, -0.15) is 0 Å². The average molecular weight is 538 g/mol. The van der Waals surface area contributed by atoms with Crippen molar-refractivity contribution in [2.45, 2.75) is 23.6 Å². The van der Waals surface area contributed by atoms with E-state index >= 15 is 0 Å². The third-order valence-corrected chi connectivity index (χ3v) is 8.12. The number of hydrogen-bond donors (Lipinski definition) is 3. The van der Waals surface area contributed by atoms with Crippen molar-refractivity contribution in [3.63, 3.8) is 0 Å². The van der Waals surface area contributed by atoms with Gasteiger partial charge >= 0.3 is 0 Å². The number of aryl methyl sites for hydroxylation is 2. The van der Waals surface area contributed by atoms with Crippen LogP contribution >= 0.6 is 0 Å². The molecule has 37 heavy (non-hydrogen) atoms. The summed E-state index contributed by atoms with van der Waals surface area (Å²) in [6.45, 7) is 3.53. The van der Waals surface area contributed by atoms with Gasteiger partial charge in [-0.25, -0.2) is 31.5 Å². The van der Waals surface area contributed by atoms with Crippen LogP contribution in [0.2, 0.25) is 0 Å². The van der Waals surface area contributed by atoms with E-state index in [2.05, 4.69) is 24.7 Å². The van der Waals surface area contributed by atoms with Crippen LogP contribution in [0.5, 0.6) is 0 Å². The molecule has 1 amide bonds. The topological polar surface area (TPSA) is 147 Å². The van der Waals surface area contributed by atoms with Gasteiger partial charge in [-0.3, -0.25) is 9.52 Å². The van der Waals surface area contributed by atoms with Gasteiger partial charge in [0, 0.05) is 29.3 Å². The lowest BCUT2D eigenvalue weighted by Gasteiger charge is -2.13. The molecule has 3 N–H and O–H groups in total. The van der Waals surface area contributed by atoms with Crippen molar-refractivity contribution in [3.05, 3.63) is 102 Å². The predicted octanol–water partition coefficient (Wildman–Crippen LogP) is 3.95. The van der Waals surface area contributed by atoms with E-state index in [-0.39, 0.29) is 21.3 Å². The number of amides is 1. The number of hydrogen-bond acceptors (Lipinski definition) is 7. The van der Waals surface area contributed by atoms with Crippen molar-refractivity contribution in [2.75, 3.05) is 14.8 Å². The first-order valence-corrected chi connectivity index (χ1v) is 13.9. The Morgan fingerprint density at radius 1 is 0.730 bits per heavy atom.